The molecule has 2 N–H and O–H groups in total. The number of hydrogen-bond donors (Lipinski definition) is 2. The number of benzene rings is 2. The fourth-order valence-corrected chi connectivity index (χ4v) is 5.06. The van der Waals surface area contributed by atoms with Gasteiger partial charge < -0.3 is 15.5 Å². The molecule has 0 aliphatic carbocycles. The van der Waals surface area contributed by atoms with Crippen LogP contribution in [0.2, 0.25) is 0 Å². The number of carbonyl (C=O) groups excluding carboxylic acids is 1. The summed E-state index contributed by atoms with van der Waals surface area (Å²) in [6.07, 6.45) is 6.84. The van der Waals surface area contributed by atoms with Gasteiger partial charge in [0.2, 0.25) is 0 Å². The maximum absolute atomic E-state index is 14.6. The molecule has 3 aromatic heterocycles. The van der Waals surface area contributed by atoms with Crippen molar-refractivity contribution in [3.63, 3.8) is 0 Å². The number of halogens is 1. The lowest BCUT2D eigenvalue weighted by Gasteiger charge is -2.38. The number of rotatable bonds is 4. The lowest BCUT2D eigenvalue weighted by Crippen LogP contribution is -2.54. The van der Waals surface area contributed by atoms with Gasteiger partial charge in [-0.15, -0.1) is 0 Å². The maximum atomic E-state index is 14.6. The van der Waals surface area contributed by atoms with Gasteiger partial charge in [-0.25, -0.2) is 19.0 Å². The SMILES string of the molecule is C[C@@H]1CN(c2ccc(C(=O)Nc3cc(F)c4nn(C)cc4c3)c3nc(-n4cccn4)ncc23)C[C@H](C)N1. The van der Waals surface area contributed by atoms with Crippen LogP contribution in [0.1, 0.15) is 24.2 Å². The van der Waals surface area contributed by atoms with Crippen LogP contribution in [0.3, 0.4) is 0 Å². The monoisotopic (exact) mass is 499 g/mol. The second-order valence-corrected chi connectivity index (χ2v) is 9.54. The van der Waals surface area contributed by atoms with Crippen LogP contribution in [0.4, 0.5) is 15.8 Å². The molecule has 1 amide bonds. The largest absolute Gasteiger partial charge is 0.368 e. The summed E-state index contributed by atoms with van der Waals surface area (Å²) in [5.41, 5.74) is 2.41. The van der Waals surface area contributed by atoms with Crippen molar-refractivity contribution in [2.24, 2.45) is 7.05 Å². The van der Waals surface area contributed by atoms with Gasteiger partial charge in [-0.2, -0.15) is 10.2 Å². The number of nitrogens with zero attached hydrogens (tertiary/aromatic N) is 7. The Morgan fingerprint density at radius 1 is 1.16 bits per heavy atom. The Hall–Kier alpha value is -4.38. The second kappa shape index (κ2) is 8.93. The van der Waals surface area contributed by atoms with Gasteiger partial charge in [0.05, 0.1) is 11.1 Å². The molecule has 0 bridgehead atoms. The standard InChI is InChI=1S/C26H26FN9O/c1-15-12-35(13-16(2)30-15)22-6-5-19(24-20(22)11-28-26(32-24)36-8-4-7-29-36)25(37)31-18-9-17-14-34(3)33-23(17)21(27)10-18/h4-11,14-16,30H,12-13H2,1-3H3,(H,31,37)/t15-,16+. The van der Waals surface area contributed by atoms with E-state index in [0.29, 0.717) is 40.2 Å². The molecular weight excluding hydrogens is 473 g/mol. The van der Waals surface area contributed by atoms with E-state index < -0.39 is 11.7 Å². The van der Waals surface area contributed by atoms with Crippen LogP contribution in [-0.4, -0.2) is 60.6 Å². The van der Waals surface area contributed by atoms with Crippen molar-refractivity contribution in [1.29, 1.82) is 0 Å². The molecule has 1 aliphatic rings. The van der Waals surface area contributed by atoms with Crippen molar-refractivity contribution in [2.75, 3.05) is 23.3 Å². The predicted octanol–water partition coefficient (Wildman–Crippen LogP) is 3.28. The van der Waals surface area contributed by atoms with Gasteiger partial charge in [0.15, 0.2) is 5.82 Å². The molecule has 10 nitrogen and oxygen atoms in total. The molecule has 37 heavy (non-hydrogen) atoms. The first-order valence-electron chi connectivity index (χ1n) is 12.1. The van der Waals surface area contributed by atoms with Crippen LogP contribution >= 0.6 is 0 Å². The van der Waals surface area contributed by atoms with Gasteiger partial charge in [0.25, 0.3) is 11.9 Å². The van der Waals surface area contributed by atoms with Crippen molar-refractivity contribution in [1.82, 2.24) is 34.8 Å². The molecule has 4 heterocycles. The van der Waals surface area contributed by atoms with E-state index in [1.165, 1.54) is 10.7 Å². The molecule has 2 atom stereocenters. The highest BCUT2D eigenvalue weighted by molar-refractivity contribution is 6.14. The van der Waals surface area contributed by atoms with E-state index in [-0.39, 0.29) is 5.52 Å². The number of aryl methyl sites for hydroxylation is 1. The summed E-state index contributed by atoms with van der Waals surface area (Å²) < 4.78 is 17.7. The number of amides is 1. The summed E-state index contributed by atoms with van der Waals surface area (Å²) in [6, 6.07) is 9.08. The number of aromatic nitrogens is 6. The zero-order valence-corrected chi connectivity index (χ0v) is 20.7. The molecule has 1 fully saturated rings. The van der Waals surface area contributed by atoms with E-state index in [1.807, 2.05) is 6.07 Å². The van der Waals surface area contributed by atoms with Gasteiger partial charge in [-0.1, -0.05) is 0 Å². The zero-order valence-electron chi connectivity index (χ0n) is 20.7. The van der Waals surface area contributed by atoms with E-state index in [1.54, 1.807) is 54.7 Å². The first kappa shape index (κ1) is 23.0. The van der Waals surface area contributed by atoms with Gasteiger partial charge in [-0.05, 0) is 44.2 Å². The topological polar surface area (TPSA) is 106 Å². The number of fused-ring (bicyclic) bond motifs is 2. The normalized spacial score (nSPS) is 18.0. The Balaban J connectivity index is 1.43. The molecule has 1 aliphatic heterocycles. The van der Waals surface area contributed by atoms with E-state index in [0.717, 1.165) is 24.2 Å². The first-order valence-corrected chi connectivity index (χ1v) is 12.1. The number of piperazine rings is 1. The Labute approximate surface area is 212 Å². The molecule has 5 aromatic rings. The molecule has 0 radical (unpaired) electrons. The Bertz CT molecular complexity index is 1620. The minimum Gasteiger partial charge on any atom is -0.368 e. The fraction of sp³-hybridized carbons (Fsp3) is 0.269. The predicted molar refractivity (Wildman–Crippen MR) is 140 cm³/mol. The van der Waals surface area contributed by atoms with Gasteiger partial charge in [0.1, 0.15) is 5.52 Å². The Morgan fingerprint density at radius 3 is 2.73 bits per heavy atom. The van der Waals surface area contributed by atoms with Crippen LogP contribution in [-0.2, 0) is 7.05 Å². The summed E-state index contributed by atoms with van der Waals surface area (Å²) in [6.45, 7) is 5.93. The zero-order chi connectivity index (χ0) is 25.7. The lowest BCUT2D eigenvalue weighted by molar-refractivity contribution is 0.102. The summed E-state index contributed by atoms with van der Waals surface area (Å²) >= 11 is 0. The first-order chi connectivity index (χ1) is 17.9. The van der Waals surface area contributed by atoms with E-state index in [9.17, 15) is 9.18 Å². The van der Waals surface area contributed by atoms with Crippen molar-refractivity contribution in [3.8, 4) is 5.95 Å². The Kier molecular flexibility index (Phi) is 5.56. The van der Waals surface area contributed by atoms with Crippen molar-refractivity contribution >= 4 is 39.1 Å². The number of carbonyl (C=O) groups is 1. The van der Waals surface area contributed by atoms with Crippen LogP contribution in [0.25, 0.3) is 27.8 Å². The van der Waals surface area contributed by atoms with Crippen molar-refractivity contribution in [3.05, 3.63) is 66.5 Å². The van der Waals surface area contributed by atoms with E-state index in [4.69, 9.17) is 4.98 Å². The minimum absolute atomic E-state index is 0.256. The van der Waals surface area contributed by atoms with Crippen LogP contribution in [0.15, 0.2) is 55.1 Å². The quantitative estimate of drug-likeness (QED) is 0.391. The summed E-state index contributed by atoms with van der Waals surface area (Å²) in [5, 5.41) is 16.1. The van der Waals surface area contributed by atoms with Crippen molar-refractivity contribution in [2.45, 2.75) is 25.9 Å². The molecule has 6 rings (SSSR count). The third-order valence-corrected chi connectivity index (χ3v) is 6.50. The van der Waals surface area contributed by atoms with E-state index >= 15 is 0 Å². The highest BCUT2D eigenvalue weighted by Gasteiger charge is 2.25. The summed E-state index contributed by atoms with van der Waals surface area (Å²) in [4.78, 5) is 25.1. The molecule has 188 valence electrons. The maximum Gasteiger partial charge on any atom is 0.257 e. The van der Waals surface area contributed by atoms with Crippen LogP contribution in [0.5, 0.6) is 0 Å². The lowest BCUT2D eigenvalue weighted by atomic mass is 10.0. The third kappa shape index (κ3) is 4.27. The molecule has 2 aromatic carbocycles. The van der Waals surface area contributed by atoms with E-state index in [2.05, 4.69) is 44.6 Å². The Morgan fingerprint density at radius 2 is 1.97 bits per heavy atom. The third-order valence-electron chi connectivity index (χ3n) is 6.50. The van der Waals surface area contributed by atoms with Crippen LogP contribution in [0, 0.1) is 5.82 Å². The smallest absolute Gasteiger partial charge is 0.257 e. The fourth-order valence-electron chi connectivity index (χ4n) is 5.06. The van der Waals surface area contributed by atoms with Crippen LogP contribution < -0.4 is 15.5 Å². The summed E-state index contributed by atoms with van der Waals surface area (Å²) in [5.74, 6) is -0.543. The number of hydrogen-bond acceptors (Lipinski definition) is 7. The van der Waals surface area contributed by atoms with Gasteiger partial charge >= 0.3 is 0 Å². The second-order valence-electron chi connectivity index (χ2n) is 9.54. The molecule has 11 heteroatoms. The number of nitrogens with one attached hydrogen (secondary N) is 2. The number of anilines is 2. The molecule has 0 unspecified atom stereocenters. The highest BCUT2D eigenvalue weighted by atomic mass is 19.1. The molecular formula is C26H26FN9O. The average molecular weight is 500 g/mol. The van der Waals surface area contributed by atoms with Gasteiger partial charge in [0, 0.05) is 79.2 Å². The van der Waals surface area contributed by atoms with Crippen molar-refractivity contribution < 1.29 is 9.18 Å². The average Bonchev–Trinajstić information content (AvgIpc) is 3.52. The molecule has 1 saturated heterocycles. The molecule has 0 spiro atoms. The van der Waals surface area contributed by atoms with Gasteiger partial charge in [-0.3, -0.25) is 9.48 Å². The molecule has 0 saturated carbocycles. The highest BCUT2D eigenvalue weighted by Crippen LogP contribution is 2.31. The summed E-state index contributed by atoms with van der Waals surface area (Å²) in [7, 11) is 1.72. The minimum atomic E-state index is -0.501.